The van der Waals surface area contributed by atoms with E-state index in [4.69, 9.17) is 21.1 Å². The molecule has 0 atom stereocenters. The van der Waals surface area contributed by atoms with Gasteiger partial charge in [-0.15, -0.1) is 11.6 Å². The van der Waals surface area contributed by atoms with Crippen LogP contribution in [0.5, 0.6) is 0 Å². The molecule has 2 fully saturated rings. The van der Waals surface area contributed by atoms with Crippen molar-refractivity contribution in [3.8, 4) is 0 Å². The van der Waals surface area contributed by atoms with Crippen molar-refractivity contribution in [2.75, 3.05) is 69.9 Å². The van der Waals surface area contributed by atoms with Crippen LogP contribution in [-0.2, 0) is 19.7 Å². The van der Waals surface area contributed by atoms with Crippen molar-refractivity contribution >= 4 is 46.4 Å². The van der Waals surface area contributed by atoms with Crippen molar-refractivity contribution in [1.82, 2.24) is 5.32 Å². The lowest BCUT2D eigenvalue weighted by molar-refractivity contribution is -0.597. The number of ether oxygens (including phenoxy) is 2. The summed E-state index contributed by atoms with van der Waals surface area (Å²) in [5.74, 6) is -2.18. The van der Waals surface area contributed by atoms with Gasteiger partial charge >= 0.3 is 5.97 Å². The summed E-state index contributed by atoms with van der Waals surface area (Å²) >= 11 is 5.71. The van der Waals surface area contributed by atoms with Gasteiger partial charge in [0.2, 0.25) is 0 Å². The summed E-state index contributed by atoms with van der Waals surface area (Å²) < 4.78 is 13.3. The monoisotopic (exact) mass is 729 g/mol. The summed E-state index contributed by atoms with van der Waals surface area (Å²) in [5.41, 5.74) is 6.82. The van der Waals surface area contributed by atoms with E-state index in [0.717, 1.165) is 78.9 Å². The average molecular weight is 730 g/mol. The Morgan fingerprint density at radius 1 is 0.962 bits per heavy atom. The Labute approximate surface area is 310 Å². The highest BCUT2D eigenvalue weighted by Gasteiger charge is 2.42. The van der Waals surface area contributed by atoms with Crippen molar-refractivity contribution in [2.24, 2.45) is 5.92 Å². The van der Waals surface area contributed by atoms with E-state index >= 15 is 0 Å². The molecule has 4 aliphatic rings. The van der Waals surface area contributed by atoms with E-state index in [2.05, 4.69) is 52.9 Å². The molecule has 2 aromatic carbocycles. The predicted octanol–water partition coefficient (Wildman–Crippen LogP) is 4.58. The van der Waals surface area contributed by atoms with E-state index in [1.165, 1.54) is 12.1 Å². The maximum absolute atomic E-state index is 13.4. The first-order chi connectivity index (χ1) is 25.1. The fourth-order valence-corrected chi connectivity index (χ4v) is 7.50. The molecule has 52 heavy (non-hydrogen) atoms. The Morgan fingerprint density at radius 3 is 2.40 bits per heavy atom. The lowest BCUT2D eigenvalue weighted by Gasteiger charge is -2.41. The summed E-state index contributed by atoms with van der Waals surface area (Å²) in [6, 6.07) is 11.0. The number of alkyl halides is 1. The number of nitrogens with one attached hydrogen (secondary N) is 1. The highest BCUT2D eigenvalue weighted by Crippen LogP contribution is 2.51. The lowest BCUT2D eigenvalue weighted by atomic mass is 9.64. The van der Waals surface area contributed by atoms with Crippen molar-refractivity contribution in [3.05, 3.63) is 93.6 Å². The summed E-state index contributed by atoms with van der Waals surface area (Å²) in [6.07, 6.45) is 11.4. The molecule has 2 aliphatic heterocycles. The molecule has 2 saturated heterocycles. The number of halogens is 1. The summed E-state index contributed by atoms with van der Waals surface area (Å²) in [7, 11) is 0. The molecule has 0 aromatic heterocycles. The number of nitrogens with zero attached hydrogens (tertiary/aromatic N) is 2. The Morgan fingerprint density at radius 2 is 1.71 bits per heavy atom. The highest BCUT2D eigenvalue weighted by atomic mass is 35.5. The SMILES string of the molecule is CC1(C)C2=CC(=[N+]3CC(C(=O)O)C3)C=CC2=C(c2cc(C(=O)NCCOCCOCCCCCCCl)ccc2C(=O)[O-])c2ccc(N3CCC3)cc21. The maximum Gasteiger partial charge on any atom is 0.319 e. The Kier molecular flexibility index (Phi) is 12.0. The van der Waals surface area contributed by atoms with Gasteiger partial charge in [-0.2, -0.15) is 0 Å². The van der Waals surface area contributed by atoms with Crippen LogP contribution in [0.25, 0.3) is 5.57 Å². The van der Waals surface area contributed by atoms with Gasteiger partial charge in [-0.05, 0) is 83.0 Å². The van der Waals surface area contributed by atoms with E-state index in [-0.39, 0.29) is 18.0 Å². The van der Waals surface area contributed by atoms with Crippen molar-refractivity contribution in [3.63, 3.8) is 0 Å². The molecule has 0 bridgehead atoms. The van der Waals surface area contributed by atoms with Crippen LogP contribution in [0.15, 0.2) is 65.8 Å². The third kappa shape index (κ3) is 8.04. The number of rotatable bonds is 17. The number of hydrogen-bond donors (Lipinski definition) is 2. The minimum Gasteiger partial charge on any atom is -0.545 e. The van der Waals surface area contributed by atoms with Gasteiger partial charge in [0.25, 0.3) is 5.91 Å². The number of carboxylic acid groups (broad SMARTS) is 2. The number of carboxylic acids is 2. The molecule has 2 aliphatic carbocycles. The fraction of sp³-hybridized carbons (Fsp3) is 0.463. The van der Waals surface area contributed by atoms with Gasteiger partial charge in [0.15, 0.2) is 24.7 Å². The normalized spacial score (nSPS) is 18.6. The molecule has 0 radical (unpaired) electrons. The van der Waals surface area contributed by atoms with Crippen molar-refractivity contribution < 1.29 is 38.6 Å². The molecular weight excluding hydrogens is 682 g/mol. The Hall–Kier alpha value is -4.25. The first-order valence-electron chi connectivity index (χ1n) is 18.3. The molecule has 6 rings (SSSR count). The smallest absolute Gasteiger partial charge is 0.319 e. The van der Waals surface area contributed by atoms with Crippen LogP contribution in [0, 0.1) is 5.92 Å². The largest absolute Gasteiger partial charge is 0.545 e. The standard InChI is InChI=1S/C41H48ClN3O7/c1-41(2)35-23-29(44-16-7-17-44)9-12-32(35)37(33-13-10-30(24-36(33)41)45-25-28(26-45)39(47)48)34-22-27(8-11-31(34)40(49)50)38(46)43-15-19-52-21-20-51-18-6-4-3-5-14-42/h8-13,22-24,28H,3-7,14-21,25-26H2,1-2H3,(H2-,43,46,47,48,49,50). The zero-order valence-electron chi connectivity index (χ0n) is 30.0. The second-order valence-electron chi connectivity index (χ2n) is 14.4. The number of aromatic carboxylic acids is 1. The van der Waals surface area contributed by atoms with Gasteiger partial charge < -0.3 is 34.7 Å². The van der Waals surface area contributed by atoms with Crippen LogP contribution < -0.4 is 15.3 Å². The number of hydrogen-bond acceptors (Lipinski definition) is 7. The second-order valence-corrected chi connectivity index (χ2v) is 14.8. The molecule has 0 unspecified atom stereocenters. The first-order valence-corrected chi connectivity index (χ1v) is 18.9. The fourth-order valence-electron chi connectivity index (χ4n) is 7.31. The quantitative estimate of drug-likeness (QED) is 0.138. The van der Waals surface area contributed by atoms with Gasteiger partial charge in [-0.1, -0.05) is 38.8 Å². The predicted molar refractivity (Wildman–Crippen MR) is 200 cm³/mol. The number of allylic oxidation sites excluding steroid dienone is 5. The highest BCUT2D eigenvalue weighted by molar-refractivity contribution is 6.17. The number of carbonyl (C=O) groups is 3. The molecule has 11 heteroatoms. The zero-order chi connectivity index (χ0) is 36.8. The van der Waals surface area contributed by atoms with Crippen molar-refractivity contribution in [2.45, 2.75) is 51.4 Å². The first kappa shape index (κ1) is 37.5. The molecule has 10 nitrogen and oxygen atoms in total. The van der Waals surface area contributed by atoms with Crippen LogP contribution in [-0.4, -0.2) is 98.3 Å². The number of fused-ring (bicyclic) bond motifs is 2. The Balaban J connectivity index is 1.25. The van der Waals surface area contributed by atoms with Crippen LogP contribution >= 0.6 is 11.6 Å². The van der Waals surface area contributed by atoms with Gasteiger partial charge in [-0.25, -0.2) is 4.58 Å². The second kappa shape index (κ2) is 16.6. The molecule has 2 N–H and O–H groups in total. The van der Waals surface area contributed by atoms with Crippen LogP contribution in [0.4, 0.5) is 5.69 Å². The van der Waals surface area contributed by atoms with Crippen LogP contribution in [0.1, 0.15) is 83.4 Å². The molecular formula is C41H48ClN3O7. The van der Waals surface area contributed by atoms with Gasteiger partial charge in [0, 0.05) is 66.5 Å². The van der Waals surface area contributed by atoms with Gasteiger partial charge in [0.1, 0.15) is 0 Å². The topological polar surface area (TPSA) is 131 Å². The molecule has 276 valence electrons. The minimum absolute atomic E-state index is 0.00604. The molecule has 0 spiro atoms. The maximum atomic E-state index is 13.4. The average Bonchev–Trinajstić information content (AvgIpc) is 3.07. The third-order valence-corrected chi connectivity index (χ3v) is 10.8. The number of amides is 1. The van der Waals surface area contributed by atoms with E-state index in [1.807, 2.05) is 12.2 Å². The van der Waals surface area contributed by atoms with E-state index < -0.39 is 23.3 Å². The molecule has 1 amide bonds. The number of aliphatic carboxylic acids is 1. The number of carbonyl (C=O) groups excluding carboxylic acids is 2. The van der Waals surface area contributed by atoms with E-state index in [1.54, 1.807) is 6.07 Å². The van der Waals surface area contributed by atoms with Crippen LogP contribution in [0.3, 0.4) is 0 Å². The summed E-state index contributed by atoms with van der Waals surface area (Å²) in [6.45, 7) is 9.36. The summed E-state index contributed by atoms with van der Waals surface area (Å²) in [4.78, 5) is 39.9. The molecule has 2 heterocycles. The third-order valence-electron chi connectivity index (χ3n) is 10.6. The van der Waals surface area contributed by atoms with Gasteiger partial charge in [-0.3, -0.25) is 9.59 Å². The minimum atomic E-state index is -1.33. The van der Waals surface area contributed by atoms with E-state index in [9.17, 15) is 24.6 Å². The van der Waals surface area contributed by atoms with Gasteiger partial charge in [0.05, 0.1) is 25.8 Å². The number of unbranched alkanes of at least 4 members (excludes halogenated alkanes) is 3. The number of benzene rings is 2. The van der Waals surface area contributed by atoms with E-state index in [0.29, 0.717) is 62.1 Å². The zero-order valence-corrected chi connectivity index (χ0v) is 30.8. The lowest BCUT2D eigenvalue weighted by Crippen LogP contribution is -2.46. The summed E-state index contributed by atoms with van der Waals surface area (Å²) in [5, 5.41) is 25.0. The van der Waals surface area contributed by atoms with Crippen molar-refractivity contribution in [1.29, 1.82) is 0 Å². The number of anilines is 1. The van der Waals surface area contributed by atoms with Crippen LogP contribution in [0.2, 0.25) is 0 Å². The Bertz CT molecular complexity index is 1830. The molecule has 0 saturated carbocycles. The molecule has 2 aromatic rings.